The quantitative estimate of drug-likeness (QED) is 0.500. The number of carbonyl (C=O) groups excluding carboxylic acids is 1. The molecule has 4 rings (SSSR count). The van der Waals surface area contributed by atoms with Gasteiger partial charge in [-0.25, -0.2) is 0 Å². The van der Waals surface area contributed by atoms with Gasteiger partial charge in [-0.15, -0.1) is 5.10 Å². The first kappa shape index (κ1) is 19.3. The number of anilines is 1. The fourth-order valence-electron chi connectivity index (χ4n) is 3.04. The normalized spacial score (nSPS) is 10.6. The molecule has 0 unspecified atom stereocenters. The summed E-state index contributed by atoms with van der Waals surface area (Å²) < 4.78 is 17.3. The molecule has 0 amide bonds. The minimum Gasteiger partial charge on any atom is -0.496 e. The molecule has 8 nitrogen and oxygen atoms in total. The summed E-state index contributed by atoms with van der Waals surface area (Å²) >= 11 is 0. The molecule has 0 aliphatic carbocycles. The van der Waals surface area contributed by atoms with E-state index in [9.17, 15) is 4.79 Å². The Morgan fingerprint density at radius 1 is 1.00 bits per heavy atom. The maximum atomic E-state index is 13.2. The van der Waals surface area contributed by atoms with E-state index in [2.05, 4.69) is 15.4 Å². The maximum Gasteiger partial charge on any atom is 0.285 e. The second kappa shape index (κ2) is 8.52. The molecule has 152 valence electrons. The van der Waals surface area contributed by atoms with Crippen LogP contribution in [0, 0.1) is 0 Å². The van der Waals surface area contributed by atoms with Crippen molar-refractivity contribution in [3.63, 3.8) is 0 Å². The van der Waals surface area contributed by atoms with Crippen molar-refractivity contribution in [2.45, 2.75) is 6.54 Å². The first-order valence-electron chi connectivity index (χ1n) is 9.25. The number of hydrogen-bond donors (Lipinski definition) is 1. The summed E-state index contributed by atoms with van der Waals surface area (Å²) in [6.45, 7) is 0.388. The molecule has 0 spiro atoms. The lowest BCUT2D eigenvalue weighted by Gasteiger charge is -2.11. The highest BCUT2D eigenvalue weighted by Gasteiger charge is 2.22. The van der Waals surface area contributed by atoms with Gasteiger partial charge < -0.3 is 19.2 Å². The lowest BCUT2D eigenvalue weighted by Crippen LogP contribution is -2.18. The Balaban J connectivity index is 1.71. The van der Waals surface area contributed by atoms with Crippen LogP contribution in [0.2, 0.25) is 0 Å². The van der Waals surface area contributed by atoms with E-state index >= 15 is 0 Å². The molecule has 0 atom stereocenters. The largest absolute Gasteiger partial charge is 0.496 e. The van der Waals surface area contributed by atoms with Crippen LogP contribution in [-0.4, -0.2) is 34.9 Å². The molecule has 30 heavy (non-hydrogen) atoms. The number of hydrogen-bond acceptors (Lipinski definition) is 7. The number of furan rings is 1. The summed E-state index contributed by atoms with van der Waals surface area (Å²) in [5, 5.41) is 7.55. The van der Waals surface area contributed by atoms with E-state index < -0.39 is 0 Å². The molecule has 8 heteroatoms. The Morgan fingerprint density at radius 2 is 1.73 bits per heavy atom. The molecule has 0 aliphatic heterocycles. The Labute approximate surface area is 173 Å². The van der Waals surface area contributed by atoms with Gasteiger partial charge in [0.05, 0.1) is 26.0 Å². The molecule has 0 saturated heterocycles. The molecule has 0 radical (unpaired) electrons. The van der Waals surface area contributed by atoms with E-state index in [1.54, 1.807) is 43.5 Å². The summed E-state index contributed by atoms with van der Waals surface area (Å²) in [5.41, 5.74) is 1.29. The number of nitrogens with zero attached hydrogens (tertiary/aromatic N) is 3. The van der Waals surface area contributed by atoms with E-state index in [0.29, 0.717) is 29.4 Å². The minimum atomic E-state index is -0.375. The van der Waals surface area contributed by atoms with Crippen molar-refractivity contribution >= 4 is 11.9 Å². The Kier molecular flexibility index (Phi) is 5.47. The third kappa shape index (κ3) is 3.75. The number of rotatable bonds is 7. The van der Waals surface area contributed by atoms with Crippen molar-refractivity contribution in [1.82, 2.24) is 14.8 Å². The molecule has 4 aromatic rings. The summed E-state index contributed by atoms with van der Waals surface area (Å²) in [6.07, 6.45) is 1.53. The summed E-state index contributed by atoms with van der Waals surface area (Å²) in [7, 11) is 3.13. The van der Waals surface area contributed by atoms with Crippen molar-refractivity contribution < 1.29 is 18.7 Å². The fraction of sp³-hybridized carbons (Fsp3) is 0.136. The molecular formula is C22H20N4O4. The van der Waals surface area contributed by atoms with Crippen LogP contribution in [0.3, 0.4) is 0 Å². The van der Waals surface area contributed by atoms with E-state index in [4.69, 9.17) is 13.9 Å². The van der Waals surface area contributed by atoms with Crippen LogP contribution in [0.25, 0.3) is 11.6 Å². The standard InChI is InChI=1S/C22H20N4O4/c1-28-17-10-5-3-8-15(17)14-23-22-24-20(19-12-7-13-30-19)25-26(22)21(27)16-9-4-6-11-18(16)29-2/h3-13H,14H2,1-2H3,(H,23,24,25). The van der Waals surface area contributed by atoms with Crippen molar-refractivity contribution in [2.24, 2.45) is 0 Å². The maximum absolute atomic E-state index is 13.2. The van der Waals surface area contributed by atoms with Gasteiger partial charge >= 0.3 is 0 Å². The third-order valence-corrected chi connectivity index (χ3v) is 4.51. The number of ether oxygens (including phenoxy) is 2. The average molecular weight is 404 g/mol. The van der Waals surface area contributed by atoms with Gasteiger partial charge in [0.1, 0.15) is 11.5 Å². The molecule has 2 aromatic heterocycles. The van der Waals surface area contributed by atoms with Crippen LogP contribution in [0.5, 0.6) is 11.5 Å². The second-order valence-electron chi connectivity index (χ2n) is 6.32. The fourth-order valence-corrected chi connectivity index (χ4v) is 3.04. The topological polar surface area (TPSA) is 91.4 Å². The zero-order valence-electron chi connectivity index (χ0n) is 16.5. The zero-order chi connectivity index (χ0) is 20.9. The van der Waals surface area contributed by atoms with Crippen LogP contribution in [0.1, 0.15) is 15.9 Å². The predicted octanol–water partition coefficient (Wildman–Crippen LogP) is 3.86. The average Bonchev–Trinajstić information content (AvgIpc) is 3.47. The number of methoxy groups -OCH3 is 2. The molecule has 1 N–H and O–H groups in total. The van der Waals surface area contributed by atoms with Gasteiger partial charge in [0.2, 0.25) is 11.8 Å². The van der Waals surface area contributed by atoms with Crippen molar-refractivity contribution in [1.29, 1.82) is 0 Å². The van der Waals surface area contributed by atoms with Crippen LogP contribution in [-0.2, 0) is 6.54 Å². The van der Waals surface area contributed by atoms with Gasteiger partial charge in [-0.1, -0.05) is 30.3 Å². The number of para-hydroxylation sites is 2. The highest BCUT2D eigenvalue weighted by Crippen LogP contribution is 2.24. The smallest absolute Gasteiger partial charge is 0.285 e. The van der Waals surface area contributed by atoms with E-state index in [1.807, 2.05) is 24.3 Å². The highest BCUT2D eigenvalue weighted by molar-refractivity contribution is 5.99. The molecule has 0 bridgehead atoms. The Bertz CT molecular complexity index is 1150. The third-order valence-electron chi connectivity index (χ3n) is 4.51. The second-order valence-corrected chi connectivity index (χ2v) is 6.32. The van der Waals surface area contributed by atoms with Crippen molar-refractivity contribution in [2.75, 3.05) is 19.5 Å². The van der Waals surface area contributed by atoms with Gasteiger partial charge in [0, 0.05) is 12.1 Å². The number of benzene rings is 2. The van der Waals surface area contributed by atoms with Crippen LogP contribution >= 0.6 is 0 Å². The van der Waals surface area contributed by atoms with Crippen LogP contribution in [0.4, 0.5) is 5.95 Å². The van der Waals surface area contributed by atoms with Gasteiger partial charge in [-0.2, -0.15) is 9.67 Å². The Morgan fingerprint density at radius 3 is 2.47 bits per heavy atom. The Hall–Kier alpha value is -4.07. The van der Waals surface area contributed by atoms with E-state index in [-0.39, 0.29) is 11.9 Å². The monoisotopic (exact) mass is 404 g/mol. The van der Waals surface area contributed by atoms with Crippen molar-refractivity contribution in [3.05, 3.63) is 78.1 Å². The predicted molar refractivity (Wildman–Crippen MR) is 111 cm³/mol. The van der Waals surface area contributed by atoms with Gasteiger partial charge in [-0.3, -0.25) is 4.79 Å². The minimum absolute atomic E-state index is 0.281. The lowest BCUT2D eigenvalue weighted by atomic mass is 10.2. The number of aromatic nitrogens is 3. The summed E-state index contributed by atoms with van der Waals surface area (Å²) in [6, 6.07) is 18.0. The van der Waals surface area contributed by atoms with Crippen LogP contribution < -0.4 is 14.8 Å². The number of carbonyl (C=O) groups is 1. The SMILES string of the molecule is COc1ccccc1CNc1nc(-c2ccco2)nn1C(=O)c1ccccc1OC. The zero-order valence-corrected chi connectivity index (χ0v) is 16.5. The molecule has 2 aromatic carbocycles. The first-order valence-corrected chi connectivity index (χ1v) is 9.25. The lowest BCUT2D eigenvalue weighted by molar-refractivity contribution is 0.0944. The molecule has 0 fully saturated rings. The first-order chi connectivity index (χ1) is 14.7. The van der Waals surface area contributed by atoms with Gasteiger partial charge in [0.15, 0.2) is 5.76 Å². The highest BCUT2D eigenvalue weighted by atomic mass is 16.5. The van der Waals surface area contributed by atoms with Crippen molar-refractivity contribution in [3.8, 4) is 23.1 Å². The molecule has 0 saturated carbocycles. The van der Waals surface area contributed by atoms with E-state index in [1.165, 1.54) is 18.1 Å². The molecule has 0 aliphatic rings. The number of nitrogens with one attached hydrogen (secondary N) is 1. The van der Waals surface area contributed by atoms with Gasteiger partial charge in [-0.05, 0) is 30.3 Å². The van der Waals surface area contributed by atoms with Crippen LogP contribution in [0.15, 0.2) is 71.3 Å². The van der Waals surface area contributed by atoms with Gasteiger partial charge in [0.25, 0.3) is 5.91 Å². The summed E-state index contributed by atoms with van der Waals surface area (Å²) in [5.74, 6) is 1.85. The van der Waals surface area contributed by atoms with E-state index in [0.717, 1.165) is 11.3 Å². The molecular weight excluding hydrogens is 384 g/mol. The summed E-state index contributed by atoms with van der Waals surface area (Å²) in [4.78, 5) is 17.7. The molecule has 2 heterocycles.